The molecule has 0 amide bonds. The standard InChI is InChI=1S/C10H15N3O2/c1-6(2)8-3-4-12-10(13-8)7(11)5-9(14)15/h3-4,6-7H,5,11H2,1-2H3,(H,14,15). The average Bonchev–Trinajstić information content (AvgIpc) is 2.17. The van der Waals surface area contributed by atoms with Gasteiger partial charge in [-0.15, -0.1) is 0 Å². The Morgan fingerprint density at radius 3 is 2.80 bits per heavy atom. The first-order chi connectivity index (χ1) is 7.00. The molecule has 0 aliphatic heterocycles. The van der Waals surface area contributed by atoms with Crippen molar-refractivity contribution in [1.82, 2.24) is 9.97 Å². The fraction of sp³-hybridized carbons (Fsp3) is 0.500. The van der Waals surface area contributed by atoms with Crippen LogP contribution < -0.4 is 5.73 Å². The normalized spacial score (nSPS) is 12.8. The Labute approximate surface area is 88.4 Å². The summed E-state index contributed by atoms with van der Waals surface area (Å²) in [6.45, 7) is 4.02. The molecule has 0 aliphatic carbocycles. The number of aliphatic carboxylic acids is 1. The second kappa shape index (κ2) is 4.84. The van der Waals surface area contributed by atoms with Crippen LogP contribution in [0.15, 0.2) is 12.3 Å². The Morgan fingerprint density at radius 2 is 2.27 bits per heavy atom. The fourth-order valence-electron chi connectivity index (χ4n) is 1.17. The third-order valence-corrected chi connectivity index (χ3v) is 2.01. The smallest absolute Gasteiger partial charge is 0.305 e. The lowest BCUT2D eigenvalue weighted by Crippen LogP contribution is -2.18. The zero-order valence-corrected chi connectivity index (χ0v) is 8.84. The van der Waals surface area contributed by atoms with Crippen molar-refractivity contribution in [2.75, 3.05) is 0 Å². The van der Waals surface area contributed by atoms with Gasteiger partial charge in [0.15, 0.2) is 0 Å². The van der Waals surface area contributed by atoms with E-state index in [9.17, 15) is 4.79 Å². The van der Waals surface area contributed by atoms with E-state index in [0.29, 0.717) is 5.82 Å². The van der Waals surface area contributed by atoms with E-state index in [1.807, 2.05) is 19.9 Å². The first-order valence-corrected chi connectivity index (χ1v) is 4.81. The van der Waals surface area contributed by atoms with E-state index in [2.05, 4.69) is 9.97 Å². The molecular weight excluding hydrogens is 194 g/mol. The second-order valence-corrected chi connectivity index (χ2v) is 3.70. The predicted octanol–water partition coefficient (Wildman–Crippen LogP) is 1.07. The lowest BCUT2D eigenvalue weighted by Gasteiger charge is -2.10. The number of carboxylic acids is 1. The third-order valence-electron chi connectivity index (χ3n) is 2.01. The van der Waals surface area contributed by atoms with Gasteiger partial charge in [0, 0.05) is 11.9 Å². The van der Waals surface area contributed by atoms with Gasteiger partial charge in [-0.25, -0.2) is 9.97 Å². The molecule has 15 heavy (non-hydrogen) atoms. The zero-order chi connectivity index (χ0) is 11.4. The minimum atomic E-state index is -0.943. The molecule has 1 unspecified atom stereocenters. The maximum Gasteiger partial charge on any atom is 0.305 e. The molecule has 5 nitrogen and oxygen atoms in total. The summed E-state index contributed by atoms with van der Waals surface area (Å²) in [4.78, 5) is 18.7. The van der Waals surface area contributed by atoms with Crippen LogP contribution in [0.3, 0.4) is 0 Å². The van der Waals surface area contributed by atoms with Crippen LogP contribution in [0.4, 0.5) is 0 Å². The lowest BCUT2D eigenvalue weighted by atomic mass is 10.1. The minimum Gasteiger partial charge on any atom is -0.481 e. The Balaban J connectivity index is 2.85. The Bertz CT molecular complexity index is 352. The van der Waals surface area contributed by atoms with Crippen molar-refractivity contribution in [3.63, 3.8) is 0 Å². The summed E-state index contributed by atoms with van der Waals surface area (Å²) in [5.74, 6) is -0.270. The molecule has 0 bridgehead atoms. The van der Waals surface area contributed by atoms with Gasteiger partial charge in [-0.3, -0.25) is 4.79 Å². The summed E-state index contributed by atoms with van der Waals surface area (Å²) in [5.41, 5.74) is 6.53. The van der Waals surface area contributed by atoms with Crippen LogP contribution in [-0.4, -0.2) is 21.0 Å². The highest BCUT2D eigenvalue weighted by molar-refractivity contribution is 5.67. The minimum absolute atomic E-state index is 0.151. The highest BCUT2D eigenvalue weighted by Gasteiger charge is 2.14. The van der Waals surface area contributed by atoms with Crippen LogP contribution in [0.25, 0.3) is 0 Å². The fourth-order valence-corrected chi connectivity index (χ4v) is 1.17. The van der Waals surface area contributed by atoms with Crippen molar-refractivity contribution >= 4 is 5.97 Å². The molecule has 0 spiro atoms. The molecule has 0 aliphatic rings. The summed E-state index contributed by atoms with van der Waals surface area (Å²) in [5, 5.41) is 8.59. The van der Waals surface area contributed by atoms with Crippen molar-refractivity contribution in [1.29, 1.82) is 0 Å². The van der Waals surface area contributed by atoms with Gasteiger partial charge in [-0.2, -0.15) is 0 Å². The van der Waals surface area contributed by atoms with Crippen molar-refractivity contribution in [2.24, 2.45) is 5.73 Å². The number of nitrogens with zero attached hydrogens (tertiary/aromatic N) is 2. The maximum atomic E-state index is 10.5. The number of hydrogen-bond donors (Lipinski definition) is 2. The zero-order valence-electron chi connectivity index (χ0n) is 8.84. The van der Waals surface area contributed by atoms with Crippen LogP contribution >= 0.6 is 0 Å². The molecule has 0 fully saturated rings. The van der Waals surface area contributed by atoms with E-state index in [0.717, 1.165) is 5.69 Å². The predicted molar refractivity (Wildman–Crippen MR) is 55.3 cm³/mol. The van der Waals surface area contributed by atoms with Gasteiger partial charge in [-0.05, 0) is 12.0 Å². The number of aromatic nitrogens is 2. The van der Waals surface area contributed by atoms with Crippen LogP contribution in [-0.2, 0) is 4.79 Å². The highest BCUT2D eigenvalue weighted by Crippen LogP contribution is 2.14. The van der Waals surface area contributed by atoms with E-state index >= 15 is 0 Å². The van der Waals surface area contributed by atoms with E-state index in [1.165, 1.54) is 0 Å². The van der Waals surface area contributed by atoms with Crippen LogP contribution in [0.2, 0.25) is 0 Å². The summed E-state index contributed by atoms with van der Waals surface area (Å²) in [6, 6.07) is 1.17. The first-order valence-electron chi connectivity index (χ1n) is 4.81. The van der Waals surface area contributed by atoms with Gasteiger partial charge in [-0.1, -0.05) is 13.8 Å². The Morgan fingerprint density at radius 1 is 1.60 bits per heavy atom. The molecular formula is C10H15N3O2. The molecule has 82 valence electrons. The number of hydrogen-bond acceptors (Lipinski definition) is 4. The summed E-state index contributed by atoms with van der Waals surface area (Å²) < 4.78 is 0. The molecule has 0 saturated carbocycles. The molecule has 5 heteroatoms. The van der Waals surface area contributed by atoms with E-state index in [4.69, 9.17) is 10.8 Å². The summed E-state index contributed by atoms with van der Waals surface area (Å²) >= 11 is 0. The summed E-state index contributed by atoms with van der Waals surface area (Å²) in [7, 11) is 0. The molecule has 1 aromatic heterocycles. The van der Waals surface area contributed by atoms with Crippen molar-refractivity contribution in [3.8, 4) is 0 Å². The van der Waals surface area contributed by atoms with Crippen molar-refractivity contribution in [2.45, 2.75) is 32.2 Å². The van der Waals surface area contributed by atoms with Gasteiger partial charge in [0.25, 0.3) is 0 Å². The van der Waals surface area contributed by atoms with E-state index in [1.54, 1.807) is 6.20 Å². The first kappa shape index (κ1) is 11.6. The van der Waals surface area contributed by atoms with Gasteiger partial charge in [0.05, 0.1) is 12.5 Å². The van der Waals surface area contributed by atoms with Crippen LogP contribution in [0.1, 0.15) is 43.7 Å². The third kappa shape index (κ3) is 3.28. The number of rotatable bonds is 4. The molecule has 1 heterocycles. The van der Waals surface area contributed by atoms with Gasteiger partial charge < -0.3 is 10.8 Å². The quantitative estimate of drug-likeness (QED) is 0.774. The van der Waals surface area contributed by atoms with Crippen LogP contribution in [0, 0.1) is 0 Å². The van der Waals surface area contributed by atoms with E-state index in [-0.39, 0.29) is 12.3 Å². The monoisotopic (exact) mass is 209 g/mol. The van der Waals surface area contributed by atoms with Gasteiger partial charge in [0.1, 0.15) is 5.82 Å². The number of carbonyl (C=O) groups is 1. The molecule has 3 N–H and O–H groups in total. The second-order valence-electron chi connectivity index (χ2n) is 3.70. The topological polar surface area (TPSA) is 89.1 Å². The summed E-state index contributed by atoms with van der Waals surface area (Å²) in [6.07, 6.45) is 1.46. The Hall–Kier alpha value is -1.49. The van der Waals surface area contributed by atoms with E-state index < -0.39 is 12.0 Å². The molecule has 0 aromatic carbocycles. The van der Waals surface area contributed by atoms with Gasteiger partial charge >= 0.3 is 5.97 Å². The van der Waals surface area contributed by atoms with Crippen molar-refractivity contribution in [3.05, 3.63) is 23.8 Å². The largest absolute Gasteiger partial charge is 0.481 e. The Kier molecular flexibility index (Phi) is 3.74. The van der Waals surface area contributed by atoms with Gasteiger partial charge in [0.2, 0.25) is 0 Å². The molecule has 1 rings (SSSR count). The molecule has 1 aromatic rings. The molecule has 0 radical (unpaired) electrons. The number of nitrogens with two attached hydrogens (primary N) is 1. The number of carboxylic acid groups (broad SMARTS) is 1. The van der Waals surface area contributed by atoms with Crippen LogP contribution in [0.5, 0.6) is 0 Å². The molecule has 0 saturated heterocycles. The van der Waals surface area contributed by atoms with Crippen molar-refractivity contribution < 1.29 is 9.90 Å². The highest BCUT2D eigenvalue weighted by atomic mass is 16.4. The average molecular weight is 209 g/mol. The lowest BCUT2D eigenvalue weighted by molar-refractivity contribution is -0.137. The SMILES string of the molecule is CC(C)c1ccnc(C(N)CC(=O)O)n1. The molecule has 1 atom stereocenters. The maximum absolute atomic E-state index is 10.5.